The van der Waals surface area contributed by atoms with E-state index in [1.165, 1.54) is 23.8 Å². The molecule has 35 heavy (non-hydrogen) atoms. The predicted octanol–water partition coefficient (Wildman–Crippen LogP) is 5.40. The summed E-state index contributed by atoms with van der Waals surface area (Å²) in [6.45, 7) is 5.10. The molecule has 0 unspecified atom stereocenters. The van der Waals surface area contributed by atoms with Crippen molar-refractivity contribution in [1.82, 2.24) is 19.4 Å². The quantitative estimate of drug-likeness (QED) is 0.365. The normalized spacial score (nSPS) is 21.4. The second kappa shape index (κ2) is 8.35. The Morgan fingerprint density at radius 1 is 1.29 bits per heavy atom. The Bertz CT molecular complexity index is 1450. The van der Waals surface area contributed by atoms with E-state index in [9.17, 15) is 9.59 Å². The van der Waals surface area contributed by atoms with Gasteiger partial charge in [0.2, 0.25) is 11.9 Å². The fourth-order valence-electron chi connectivity index (χ4n) is 5.34. The van der Waals surface area contributed by atoms with Gasteiger partial charge in [0.1, 0.15) is 5.52 Å². The maximum atomic E-state index is 13.2. The number of halogens is 1. The molecule has 4 heterocycles. The van der Waals surface area contributed by atoms with Crippen LogP contribution in [0.25, 0.3) is 21.7 Å². The molecule has 8 nitrogen and oxygen atoms in total. The third kappa shape index (κ3) is 3.75. The number of benzene rings is 1. The summed E-state index contributed by atoms with van der Waals surface area (Å²) < 4.78 is 7.43. The van der Waals surface area contributed by atoms with Crippen molar-refractivity contribution in [3.05, 3.63) is 65.5 Å². The summed E-state index contributed by atoms with van der Waals surface area (Å²) in [5.41, 5.74) is 1.64. The molecule has 1 aliphatic heterocycles. The van der Waals surface area contributed by atoms with Gasteiger partial charge in [-0.05, 0) is 55.0 Å². The summed E-state index contributed by atoms with van der Waals surface area (Å²) in [6.07, 6.45) is 7.15. The van der Waals surface area contributed by atoms with Gasteiger partial charge in [-0.1, -0.05) is 24.2 Å². The van der Waals surface area contributed by atoms with Gasteiger partial charge in [-0.3, -0.25) is 14.9 Å². The molecule has 0 atom stereocenters. The zero-order chi connectivity index (χ0) is 24.2. The van der Waals surface area contributed by atoms with Crippen molar-refractivity contribution in [3.63, 3.8) is 0 Å². The van der Waals surface area contributed by atoms with E-state index >= 15 is 0 Å². The van der Waals surface area contributed by atoms with Gasteiger partial charge in [0.25, 0.3) is 5.91 Å². The van der Waals surface area contributed by atoms with Crippen LogP contribution in [0.1, 0.15) is 35.0 Å². The molecular formula is C25H22ClN5O3S. The first-order chi connectivity index (χ1) is 17.0. The SMILES string of the molecule is C=CC(=O)N1CCC2(CC(n3c(NC(=O)c4ccc(-c5cnco5)s4)nc4c(Cl)cccc43)C2)C1. The number of hydrogen-bond acceptors (Lipinski definition) is 6. The Kier molecular flexibility index (Phi) is 5.26. The van der Waals surface area contributed by atoms with Gasteiger partial charge in [-0.15, -0.1) is 11.3 Å². The third-order valence-corrected chi connectivity index (χ3v) is 8.43. The number of fused-ring (bicyclic) bond motifs is 1. The number of imidazole rings is 1. The second-order valence-corrected chi connectivity index (χ2v) is 10.7. The van der Waals surface area contributed by atoms with E-state index in [2.05, 4.69) is 21.4 Å². The van der Waals surface area contributed by atoms with Crippen LogP contribution in [-0.2, 0) is 4.79 Å². The minimum absolute atomic E-state index is 0.0150. The number of amides is 2. The van der Waals surface area contributed by atoms with Crippen molar-refractivity contribution >= 4 is 51.7 Å². The van der Waals surface area contributed by atoms with Gasteiger partial charge in [-0.25, -0.2) is 9.97 Å². The zero-order valence-corrected chi connectivity index (χ0v) is 20.3. The summed E-state index contributed by atoms with van der Waals surface area (Å²) in [7, 11) is 0. The number of para-hydroxylation sites is 1. The monoisotopic (exact) mass is 507 g/mol. The molecule has 6 rings (SSSR count). The van der Waals surface area contributed by atoms with E-state index in [0.29, 0.717) is 27.1 Å². The first kappa shape index (κ1) is 22.1. The number of rotatable bonds is 5. The molecule has 1 aliphatic carbocycles. The van der Waals surface area contributed by atoms with Crippen LogP contribution in [-0.4, -0.2) is 44.3 Å². The maximum Gasteiger partial charge on any atom is 0.268 e. The molecule has 2 aliphatic rings. The van der Waals surface area contributed by atoms with Crippen LogP contribution in [0.15, 0.2) is 60.0 Å². The fraction of sp³-hybridized carbons (Fsp3) is 0.280. The van der Waals surface area contributed by atoms with Crippen LogP contribution in [0.5, 0.6) is 0 Å². The van der Waals surface area contributed by atoms with Crippen molar-refractivity contribution in [2.75, 3.05) is 18.4 Å². The summed E-state index contributed by atoms with van der Waals surface area (Å²) in [5, 5.41) is 3.55. The number of anilines is 1. The zero-order valence-electron chi connectivity index (χ0n) is 18.7. The average Bonchev–Trinajstić information content (AvgIpc) is 3.62. The number of oxazole rings is 1. The summed E-state index contributed by atoms with van der Waals surface area (Å²) in [5.74, 6) is 0.836. The molecule has 1 saturated carbocycles. The van der Waals surface area contributed by atoms with Crippen molar-refractivity contribution in [2.45, 2.75) is 25.3 Å². The van der Waals surface area contributed by atoms with Gasteiger partial charge < -0.3 is 13.9 Å². The highest BCUT2D eigenvalue weighted by atomic mass is 35.5. The van der Waals surface area contributed by atoms with Crippen LogP contribution in [0.2, 0.25) is 5.02 Å². The van der Waals surface area contributed by atoms with Crippen LogP contribution in [0, 0.1) is 5.41 Å². The number of nitrogens with zero attached hydrogens (tertiary/aromatic N) is 4. The summed E-state index contributed by atoms with van der Waals surface area (Å²) in [4.78, 5) is 37.1. The fourth-order valence-corrected chi connectivity index (χ4v) is 6.41. The molecule has 2 amide bonds. The number of carbonyl (C=O) groups is 2. The standard InChI is InChI=1S/C25H22ClN5O3S/c1-2-21(32)30-9-8-25(13-30)10-15(11-25)31-17-5-3-4-16(26)22(17)28-24(31)29-23(33)20-7-6-19(35-20)18-12-27-14-34-18/h2-7,12,14-15H,1,8-11,13H2,(H,28,29,33). The van der Waals surface area contributed by atoms with Gasteiger partial charge in [0.15, 0.2) is 12.2 Å². The molecule has 0 bridgehead atoms. The number of carbonyl (C=O) groups excluding carboxylic acids is 2. The molecule has 10 heteroatoms. The molecule has 4 aromatic rings. The molecule has 1 spiro atoms. The first-order valence-corrected chi connectivity index (χ1v) is 12.5. The van der Waals surface area contributed by atoms with E-state index < -0.39 is 0 Å². The van der Waals surface area contributed by atoms with Gasteiger partial charge in [-0.2, -0.15) is 0 Å². The molecule has 178 valence electrons. The number of hydrogen-bond donors (Lipinski definition) is 1. The van der Waals surface area contributed by atoms with Crippen LogP contribution in [0.4, 0.5) is 5.95 Å². The minimum atomic E-state index is -0.244. The van der Waals surface area contributed by atoms with E-state index in [1.807, 2.05) is 23.1 Å². The summed E-state index contributed by atoms with van der Waals surface area (Å²) in [6, 6.07) is 9.43. The van der Waals surface area contributed by atoms with Crippen molar-refractivity contribution < 1.29 is 14.0 Å². The third-order valence-electron chi connectivity index (χ3n) is 7.03. The van der Waals surface area contributed by atoms with E-state index in [-0.39, 0.29) is 23.3 Å². The highest BCUT2D eigenvalue weighted by Gasteiger charge is 2.50. The molecule has 1 N–H and O–H groups in total. The second-order valence-electron chi connectivity index (χ2n) is 9.17. The molecule has 3 aromatic heterocycles. The van der Waals surface area contributed by atoms with Crippen LogP contribution in [0.3, 0.4) is 0 Å². The van der Waals surface area contributed by atoms with E-state index in [4.69, 9.17) is 21.0 Å². The van der Waals surface area contributed by atoms with E-state index in [1.54, 1.807) is 18.3 Å². The Balaban J connectivity index is 1.27. The van der Waals surface area contributed by atoms with Crippen molar-refractivity contribution in [1.29, 1.82) is 0 Å². The van der Waals surface area contributed by atoms with Crippen LogP contribution < -0.4 is 5.32 Å². The topological polar surface area (TPSA) is 93.3 Å². The number of likely N-dealkylation sites (tertiary alicyclic amines) is 1. The molecule has 2 fully saturated rings. The highest BCUT2D eigenvalue weighted by Crippen LogP contribution is 2.55. The van der Waals surface area contributed by atoms with Gasteiger partial charge >= 0.3 is 0 Å². The average molecular weight is 508 g/mol. The Labute approximate surface area is 210 Å². The van der Waals surface area contributed by atoms with Crippen molar-refractivity contribution in [3.8, 4) is 10.6 Å². The number of thiophene rings is 1. The lowest BCUT2D eigenvalue weighted by molar-refractivity contribution is -0.125. The smallest absolute Gasteiger partial charge is 0.268 e. The first-order valence-electron chi connectivity index (χ1n) is 11.3. The Morgan fingerprint density at radius 3 is 2.91 bits per heavy atom. The lowest BCUT2D eigenvalue weighted by atomic mass is 9.65. The Morgan fingerprint density at radius 2 is 2.14 bits per heavy atom. The number of nitrogens with one attached hydrogen (secondary N) is 1. The summed E-state index contributed by atoms with van der Waals surface area (Å²) >= 11 is 7.78. The largest absolute Gasteiger partial charge is 0.443 e. The molecular weight excluding hydrogens is 486 g/mol. The lowest BCUT2D eigenvalue weighted by Crippen LogP contribution is -2.42. The van der Waals surface area contributed by atoms with Gasteiger partial charge in [0.05, 0.1) is 26.5 Å². The van der Waals surface area contributed by atoms with Crippen LogP contribution >= 0.6 is 22.9 Å². The minimum Gasteiger partial charge on any atom is -0.443 e. The van der Waals surface area contributed by atoms with Gasteiger partial charge in [0, 0.05) is 19.1 Å². The predicted molar refractivity (Wildman–Crippen MR) is 135 cm³/mol. The molecule has 0 radical (unpaired) electrons. The lowest BCUT2D eigenvalue weighted by Gasteiger charge is -2.46. The Hall–Kier alpha value is -3.43. The maximum absolute atomic E-state index is 13.2. The molecule has 1 aromatic carbocycles. The molecule has 1 saturated heterocycles. The highest BCUT2D eigenvalue weighted by molar-refractivity contribution is 7.17. The number of aromatic nitrogens is 3. The van der Waals surface area contributed by atoms with E-state index in [0.717, 1.165) is 42.7 Å². The van der Waals surface area contributed by atoms with Crippen molar-refractivity contribution in [2.24, 2.45) is 5.41 Å².